The van der Waals surface area contributed by atoms with Crippen LogP contribution in [0.25, 0.3) is 0 Å². The van der Waals surface area contributed by atoms with E-state index < -0.39 is 28.5 Å². The number of hydrogen-bond donors (Lipinski definition) is 2. The fraction of sp³-hybridized carbons (Fsp3) is 0.167. The zero-order valence-electron chi connectivity index (χ0n) is 10.00. The van der Waals surface area contributed by atoms with Gasteiger partial charge in [0.25, 0.3) is 11.6 Å². The molecule has 7 nitrogen and oxygen atoms in total. The van der Waals surface area contributed by atoms with Crippen LogP contribution in [0.3, 0.4) is 0 Å². The number of carboxylic acids is 1. The number of hydrogen-bond acceptors (Lipinski definition) is 4. The van der Waals surface area contributed by atoms with Crippen molar-refractivity contribution in [3.05, 3.63) is 38.9 Å². The van der Waals surface area contributed by atoms with Crippen LogP contribution in [0, 0.1) is 22.5 Å². The molecule has 1 rings (SSSR count). The van der Waals surface area contributed by atoms with Gasteiger partial charge in [0.05, 0.1) is 4.92 Å². The molecule has 0 saturated heterocycles. The highest BCUT2D eigenvalue weighted by Gasteiger charge is 2.25. The van der Waals surface area contributed by atoms with Crippen molar-refractivity contribution in [3.63, 3.8) is 0 Å². The van der Waals surface area contributed by atoms with Gasteiger partial charge in [0, 0.05) is 17.5 Å². The molecular weight excluding hydrogens is 288 g/mol. The van der Waals surface area contributed by atoms with Crippen molar-refractivity contribution in [1.29, 1.82) is 0 Å². The average molecular weight is 297 g/mol. The van der Waals surface area contributed by atoms with E-state index in [1.54, 1.807) is 0 Å². The van der Waals surface area contributed by atoms with E-state index in [1.807, 2.05) is 0 Å². The number of carbonyl (C=O) groups is 2. The minimum absolute atomic E-state index is 0.115. The van der Waals surface area contributed by atoms with Gasteiger partial charge in [-0.2, -0.15) is 0 Å². The number of rotatable bonds is 5. The lowest BCUT2D eigenvalue weighted by Crippen LogP contribution is -2.40. The van der Waals surface area contributed by atoms with Crippen LogP contribution in [0.2, 0.25) is 5.02 Å². The summed E-state index contributed by atoms with van der Waals surface area (Å²) in [7, 11) is 0. The topological polar surface area (TPSA) is 110 Å². The summed E-state index contributed by atoms with van der Waals surface area (Å²) in [6.45, 7) is 0. The second-order valence-electron chi connectivity index (χ2n) is 3.69. The number of aliphatic carboxylic acids is 1. The van der Waals surface area contributed by atoms with Crippen molar-refractivity contribution in [2.75, 3.05) is 0 Å². The molecule has 104 valence electrons. The van der Waals surface area contributed by atoms with Crippen LogP contribution in [0.5, 0.6) is 0 Å². The zero-order valence-corrected chi connectivity index (χ0v) is 10.8. The molecule has 0 aliphatic rings. The normalized spacial score (nSPS) is 11.2. The third kappa shape index (κ3) is 3.70. The summed E-state index contributed by atoms with van der Waals surface area (Å²) < 4.78 is 0. The Bertz CT molecular complexity index is 608. The van der Waals surface area contributed by atoms with Crippen molar-refractivity contribution in [2.45, 2.75) is 12.5 Å². The Kier molecular flexibility index (Phi) is 5.06. The first-order valence-corrected chi connectivity index (χ1v) is 5.65. The highest BCUT2D eigenvalue weighted by atomic mass is 35.5. The predicted molar refractivity (Wildman–Crippen MR) is 70.4 cm³/mol. The zero-order chi connectivity index (χ0) is 15.3. The Balaban J connectivity index is 3.08. The van der Waals surface area contributed by atoms with Crippen LogP contribution in [0.4, 0.5) is 5.69 Å². The maximum atomic E-state index is 11.9. The molecule has 20 heavy (non-hydrogen) atoms. The molecule has 0 heterocycles. The van der Waals surface area contributed by atoms with E-state index in [4.69, 9.17) is 23.1 Å². The lowest BCUT2D eigenvalue weighted by molar-refractivity contribution is -0.385. The summed E-state index contributed by atoms with van der Waals surface area (Å²) in [6.07, 6.45) is 4.75. The van der Waals surface area contributed by atoms with Crippen molar-refractivity contribution < 1.29 is 19.6 Å². The summed E-state index contributed by atoms with van der Waals surface area (Å²) in [4.78, 5) is 32.8. The lowest BCUT2D eigenvalue weighted by atomic mass is 10.1. The molecule has 1 amide bonds. The first-order chi connectivity index (χ1) is 9.36. The van der Waals surface area contributed by atoms with Gasteiger partial charge in [-0.25, -0.2) is 4.79 Å². The SMILES string of the molecule is C#CCC(NC(=O)c1cc(Cl)ccc1[N+](=O)[O-])C(=O)O. The number of halogens is 1. The second-order valence-corrected chi connectivity index (χ2v) is 4.13. The average Bonchev–Trinajstić information content (AvgIpc) is 2.37. The third-order valence-corrected chi connectivity index (χ3v) is 2.56. The predicted octanol–water partition coefficient (Wildman–Crippen LogP) is 1.45. The number of nitrogens with zero attached hydrogens (tertiary/aromatic N) is 1. The molecule has 0 aromatic heterocycles. The second kappa shape index (κ2) is 6.54. The quantitative estimate of drug-likeness (QED) is 0.485. The molecule has 0 bridgehead atoms. The van der Waals surface area contributed by atoms with Crippen molar-refractivity contribution in [3.8, 4) is 12.3 Å². The molecular formula is C12H9ClN2O5. The van der Waals surface area contributed by atoms with Gasteiger partial charge in [-0.05, 0) is 12.1 Å². The van der Waals surface area contributed by atoms with Crippen LogP contribution in [-0.4, -0.2) is 27.9 Å². The molecule has 0 aliphatic carbocycles. The van der Waals surface area contributed by atoms with Gasteiger partial charge in [-0.15, -0.1) is 12.3 Å². The Morgan fingerprint density at radius 2 is 2.20 bits per heavy atom. The highest BCUT2D eigenvalue weighted by molar-refractivity contribution is 6.31. The molecule has 2 N–H and O–H groups in total. The van der Waals surface area contributed by atoms with E-state index in [0.29, 0.717) is 0 Å². The smallest absolute Gasteiger partial charge is 0.327 e. The molecule has 0 saturated carbocycles. The summed E-state index contributed by atoms with van der Waals surface area (Å²) in [5.74, 6) is -0.162. The lowest BCUT2D eigenvalue weighted by Gasteiger charge is -2.12. The number of terminal acetylenes is 1. The molecule has 1 atom stereocenters. The van der Waals surface area contributed by atoms with Crippen LogP contribution < -0.4 is 5.32 Å². The number of carbonyl (C=O) groups excluding carboxylic acids is 1. The van der Waals surface area contributed by atoms with Gasteiger partial charge >= 0.3 is 5.97 Å². The van der Waals surface area contributed by atoms with Crippen molar-refractivity contribution in [2.24, 2.45) is 0 Å². The largest absolute Gasteiger partial charge is 0.480 e. The standard InChI is InChI=1S/C12H9ClN2O5/c1-2-3-9(12(17)18)14-11(16)8-6-7(13)4-5-10(8)15(19)20/h1,4-6,9H,3H2,(H,14,16)(H,17,18). The monoisotopic (exact) mass is 296 g/mol. The molecule has 8 heteroatoms. The van der Waals surface area contributed by atoms with E-state index in [2.05, 4.69) is 11.2 Å². The number of nitro benzene ring substituents is 1. The number of carboxylic acid groups (broad SMARTS) is 1. The van der Waals surface area contributed by atoms with E-state index in [1.165, 1.54) is 6.07 Å². The van der Waals surface area contributed by atoms with Gasteiger partial charge in [-0.3, -0.25) is 14.9 Å². The number of benzene rings is 1. The molecule has 0 aliphatic heterocycles. The van der Waals surface area contributed by atoms with E-state index in [0.717, 1.165) is 12.1 Å². The summed E-state index contributed by atoms with van der Waals surface area (Å²) in [5, 5.41) is 21.9. The summed E-state index contributed by atoms with van der Waals surface area (Å²) in [6, 6.07) is 2.08. The summed E-state index contributed by atoms with van der Waals surface area (Å²) >= 11 is 5.67. The van der Waals surface area contributed by atoms with E-state index in [9.17, 15) is 19.7 Å². The van der Waals surface area contributed by atoms with Gasteiger partial charge in [0.2, 0.25) is 0 Å². The van der Waals surface area contributed by atoms with Gasteiger partial charge in [-0.1, -0.05) is 11.6 Å². The van der Waals surface area contributed by atoms with Gasteiger partial charge < -0.3 is 10.4 Å². The molecule has 0 radical (unpaired) electrons. The summed E-state index contributed by atoms with van der Waals surface area (Å²) in [5.41, 5.74) is -0.803. The van der Waals surface area contributed by atoms with Crippen LogP contribution in [0.1, 0.15) is 16.8 Å². The van der Waals surface area contributed by atoms with Crippen LogP contribution in [0.15, 0.2) is 18.2 Å². The van der Waals surface area contributed by atoms with Crippen molar-refractivity contribution >= 4 is 29.2 Å². The minimum Gasteiger partial charge on any atom is -0.480 e. The Morgan fingerprint density at radius 3 is 2.70 bits per heavy atom. The Hall–Kier alpha value is -2.59. The highest BCUT2D eigenvalue weighted by Crippen LogP contribution is 2.22. The maximum Gasteiger partial charge on any atom is 0.327 e. The molecule has 1 aromatic carbocycles. The van der Waals surface area contributed by atoms with Crippen molar-refractivity contribution in [1.82, 2.24) is 5.32 Å². The van der Waals surface area contributed by atoms with Crippen LogP contribution >= 0.6 is 11.6 Å². The number of nitrogens with one attached hydrogen (secondary N) is 1. The molecule has 1 aromatic rings. The fourth-order valence-electron chi connectivity index (χ4n) is 1.40. The number of nitro groups is 1. The third-order valence-electron chi connectivity index (χ3n) is 2.33. The molecule has 0 spiro atoms. The minimum atomic E-state index is -1.33. The van der Waals surface area contributed by atoms with Crippen LogP contribution in [-0.2, 0) is 4.79 Å². The Labute approximate surface area is 118 Å². The van der Waals surface area contributed by atoms with E-state index >= 15 is 0 Å². The Morgan fingerprint density at radius 1 is 1.55 bits per heavy atom. The first-order valence-electron chi connectivity index (χ1n) is 5.28. The van der Waals surface area contributed by atoms with E-state index in [-0.39, 0.29) is 17.0 Å². The molecule has 0 fully saturated rings. The number of amides is 1. The molecule has 1 unspecified atom stereocenters. The first kappa shape index (κ1) is 15.5. The van der Waals surface area contributed by atoms with Gasteiger partial charge in [0.15, 0.2) is 0 Å². The fourth-order valence-corrected chi connectivity index (χ4v) is 1.58. The van der Waals surface area contributed by atoms with Gasteiger partial charge in [0.1, 0.15) is 11.6 Å². The maximum absolute atomic E-state index is 11.9.